The van der Waals surface area contributed by atoms with Crippen molar-refractivity contribution in [2.75, 3.05) is 18.4 Å². The third kappa shape index (κ3) is 3.01. The van der Waals surface area contributed by atoms with E-state index in [1.165, 1.54) is 0 Å². The molecule has 0 aliphatic carbocycles. The number of hydrogen-bond acceptors (Lipinski definition) is 2. The highest BCUT2D eigenvalue weighted by Gasteiger charge is 2.53. The van der Waals surface area contributed by atoms with Crippen molar-refractivity contribution in [3.63, 3.8) is 0 Å². The molecule has 0 saturated carbocycles. The Morgan fingerprint density at radius 3 is 2.62 bits per heavy atom. The molecule has 3 rings (SSSR count). The molecule has 0 unspecified atom stereocenters. The Kier molecular flexibility index (Phi) is 3.86. The van der Waals surface area contributed by atoms with Crippen LogP contribution >= 0.6 is 0 Å². The zero-order valence-corrected chi connectivity index (χ0v) is 12.3. The van der Waals surface area contributed by atoms with Gasteiger partial charge in [0.2, 0.25) is 0 Å². The van der Waals surface area contributed by atoms with E-state index in [0.717, 1.165) is 15.8 Å². The van der Waals surface area contributed by atoms with Crippen LogP contribution in [-0.2, 0) is 4.79 Å². The highest BCUT2D eigenvalue weighted by Crippen LogP contribution is 2.37. The van der Waals surface area contributed by atoms with Crippen LogP contribution in [0.1, 0.15) is 0 Å². The molecule has 0 radical (unpaired) electrons. The molecule has 1 aliphatic rings. The molecule has 0 spiro atoms. The molecular formula is C15H14F3N3O3. The lowest BCUT2D eigenvalue weighted by Crippen LogP contribution is -2.35. The van der Waals surface area contributed by atoms with Gasteiger partial charge < -0.3 is 20.3 Å². The van der Waals surface area contributed by atoms with E-state index in [4.69, 9.17) is 5.11 Å². The fourth-order valence-corrected chi connectivity index (χ4v) is 2.89. The van der Waals surface area contributed by atoms with Gasteiger partial charge in [0.25, 0.3) is 0 Å². The van der Waals surface area contributed by atoms with Gasteiger partial charge in [-0.15, -0.1) is 0 Å². The molecule has 1 fully saturated rings. The number of urea groups is 1. The SMILES string of the molecule is O=C(O)[C@@H]1CN(C(=O)Nc2ccc3[nH]ccc3c2)C[C@H]1C(F)(F)F. The molecule has 9 heteroatoms. The van der Waals surface area contributed by atoms with Gasteiger partial charge in [0.15, 0.2) is 0 Å². The Labute approximate surface area is 134 Å². The number of nitrogens with one attached hydrogen (secondary N) is 2. The number of anilines is 1. The number of amides is 2. The Morgan fingerprint density at radius 2 is 2.00 bits per heavy atom. The standard InChI is InChI=1S/C15H14F3N3O3/c16-15(17,18)11-7-21(6-10(11)13(22)23)14(24)20-9-1-2-12-8(5-9)3-4-19-12/h1-5,10-11,19H,6-7H2,(H,20,24)(H,22,23)/t10-,11-/m1/s1. The largest absolute Gasteiger partial charge is 0.481 e. The normalized spacial score (nSPS) is 21.2. The Bertz CT molecular complexity index is 787. The number of hydrogen-bond donors (Lipinski definition) is 3. The predicted octanol–water partition coefficient (Wildman–Crippen LogP) is 2.89. The average Bonchev–Trinajstić information content (AvgIpc) is 3.13. The Balaban J connectivity index is 1.74. The van der Waals surface area contributed by atoms with E-state index < -0.39 is 43.1 Å². The summed E-state index contributed by atoms with van der Waals surface area (Å²) in [6.45, 7) is -1.14. The second-order valence-electron chi connectivity index (χ2n) is 5.71. The molecule has 1 aliphatic heterocycles. The number of nitrogens with zero attached hydrogens (tertiary/aromatic N) is 1. The van der Waals surface area contributed by atoms with E-state index in [9.17, 15) is 22.8 Å². The summed E-state index contributed by atoms with van der Waals surface area (Å²) in [7, 11) is 0. The van der Waals surface area contributed by atoms with Crippen LogP contribution in [-0.4, -0.2) is 46.3 Å². The molecule has 1 aromatic heterocycles. The van der Waals surface area contributed by atoms with E-state index in [2.05, 4.69) is 10.3 Å². The van der Waals surface area contributed by atoms with Gasteiger partial charge in [0.05, 0.1) is 11.8 Å². The van der Waals surface area contributed by atoms with Gasteiger partial charge in [-0.1, -0.05) is 0 Å². The fraction of sp³-hybridized carbons (Fsp3) is 0.333. The number of carboxylic acid groups (broad SMARTS) is 1. The van der Waals surface area contributed by atoms with Crippen molar-refractivity contribution in [3.8, 4) is 0 Å². The fourth-order valence-electron chi connectivity index (χ4n) is 2.89. The van der Waals surface area contributed by atoms with Gasteiger partial charge in [0, 0.05) is 35.9 Å². The van der Waals surface area contributed by atoms with Crippen molar-refractivity contribution in [3.05, 3.63) is 30.5 Å². The quantitative estimate of drug-likeness (QED) is 0.785. The van der Waals surface area contributed by atoms with Crippen LogP contribution in [0, 0.1) is 11.8 Å². The van der Waals surface area contributed by atoms with Gasteiger partial charge in [-0.3, -0.25) is 4.79 Å². The number of aromatic nitrogens is 1. The first-order valence-corrected chi connectivity index (χ1v) is 7.18. The molecule has 2 heterocycles. The number of carbonyl (C=O) groups excluding carboxylic acids is 1. The van der Waals surface area contributed by atoms with E-state index >= 15 is 0 Å². The maximum absolute atomic E-state index is 12.9. The number of carbonyl (C=O) groups is 2. The number of halogens is 3. The monoisotopic (exact) mass is 341 g/mol. The molecule has 6 nitrogen and oxygen atoms in total. The van der Waals surface area contributed by atoms with Crippen LogP contribution in [0.4, 0.5) is 23.7 Å². The number of rotatable bonds is 2. The predicted molar refractivity (Wildman–Crippen MR) is 79.6 cm³/mol. The molecule has 2 aromatic rings. The smallest absolute Gasteiger partial charge is 0.394 e. The van der Waals surface area contributed by atoms with Gasteiger partial charge in [-0.25, -0.2) is 4.79 Å². The molecular weight excluding hydrogens is 327 g/mol. The highest BCUT2D eigenvalue weighted by molar-refractivity contribution is 5.93. The highest BCUT2D eigenvalue weighted by atomic mass is 19.4. The minimum Gasteiger partial charge on any atom is -0.481 e. The Hall–Kier alpha value is -2.71. The van der Waals surface area contributed by atoms with Crippen molar-refractivity contribution in [2.24, 2.45) is 11.8 Å². The lowest BCUT2D eigenvalue weighted by molar-refractivity contribution is -0.187. The molecule has 2 amide bonds. The maximum atomic E-state index is 12.9. The van der Waals surface area contributed by atoms with E-state index in [1.807, 2.05) is 0 Å². The van der Waals surface area contributed by atoms with Crippen molar-refractivity contribution < 1.29 is 27.9 Å². The molecule has 2 atom stereocenters. The summed E-state index contributed by atoms with van der Waals surface area (Å²) < 4.78 is 38.8. The lowest BCUT2D eigenvalue weighted by Gasteiger charge is -2.18. The number of H-pyrrole nitrogens is 1. The first-order chi connectivity index (χ1) is 11.3. The number of fused-ring (bicyclic) bond motifs is 1. The van der Waals surface area contributed by atoms with Crippen LogP contribution in [0.3, 0.4) is 0 Å². The summed E-state index contributed by atoms with van der Waals surface area (Å²) in [4.78, 5) is 27.1. The molecule has 1 aromatic carbocycles. The maximum Gasteiger partial charge on any atom is 0.394 e. The number of carboxylic acids is 1. The lowest BCUT2D eigenvalue weighted by atomic mass is 9.96. The van der Waals surface area contributed by atoms with Crippen molar-refractivity contribution in [2.45, 2.75) is 6.18 Å². The Morgan fingerprint density at radius 1 is 1.25 bits per heavy atom. The minimum atomic E-state index is -4.66. The minimum absolute atomic E-state index is 0.425. The van der Waals surface area contributed by atoms with E-state index in [0.29, 0.717) is 5.69 Å². The van der Waals surface area contributed by atoms with Crippen LogP contribution in [0.25, 0.3) is 10.9 Å². The molecule has 1 saturated heterocycles. The first-order valence-electron chi connectivity index (χ1n) is 7.18. The van der Waals surface area contributed by atoms with Gasteiger partial charge in [-0.05, 0) is 24.3 Å². The van der Waals surface area contributed by atoms with Crippen LogP contribution in [0.5, 0.6) is 0 Å². The number of aromatic amines is 1. The van der Waals surface area contributed by atoms with Crippen LogP contribution < -0.4 is 5.32 Å². The van der Waals surface area contributed by atoms with Crippen LogP contribution in [0.15, 0.2) is 30.5 Å². The summed E-state index contributed by atoms with van der Waals surface area (Å²) in [5.74, 6) is -5.27. The third-order valence-corrected chi connectivity index (χ3v) is 4.15. The number of benzene rings is 1. The molecule has 24 heavy (non-hydrogen) atoms. The summed E-state index contributed by atoms with van der Waals surface area (Å²) >= 11 is 0. The van der Waals surface area contributed by atoms with Gasteiger partial charge >= 0.3 is 18.2 Å². The average molecular weight is 341 g/mol. The van der Waals surface area contributed by atoms with Crippen LogP contribution in [0.2, 0.25) is 0 Å². The third-order valence-electron chi connectivity index (χ3n) is 4.15. The molecule has 128 valence electrons. The zero-order chi connectivity index (χ0) is 17.5. The zero-order valence-electron chi connectivity index (χ0n) is 12.3. The van der Waals surface area contributed by atoms with Crippen molar-refractivity contribution >= 4 is 28.6 Å². The number of alkyl halides is 3. The number of likely N-dealkylation sites (tertiary alicyclic amines) is 1. The van der Waals surface area contributed by atoms with E-state index in [-0.39, 0.29) is 0 Å². The van der Waals surface area contributed by atoms with Crippen molar-refractivity contribution in [1.29, 1.82) is 0 Å². The first kappa shape index (κ1) is 16.2. The summed E-state index contributed by atoms with van der Waals surface area (Å²) in [5.41, 5.74) is 1.28. The second kappa shape index (κ2) is 5.73. The van der Waals surface area contributed by atoms with Crippen molar-refractivity contribution in [1.82, 2.24) is 9.88 Å². The molecule has 3 N–H and O–H groups in total. The van der Waals surface area contributed by atoms with E-state index in [1.54, 1.807) is 30.5 Å². The summed E-state index contributed by atoms with van der Waals surface area (Å²) in [5, 5.41) is 12.3. The number of aliphatic carboxylic acids is 1. The molecule has 0 bridgehead atoms. The summed E-state index contributed by atoms with van der Waals surface area (Å²) in [6.07, 6.45) is -2.94. The van der Waals surface area contributed by atoms with Gasteiger partial charge in [0.1, 0.15) is 0 Å². The topological polar surface area (TPSA) is 85.4 Å². The second-order valence-corrected chi connectivity index (χ2v) is 5.71. The van der Waals surface area contributed by atoms with Gasteiger partial charge in [-0.2, -0.15) is 13.2 Å². The summed E-state index contributed by atoms with van der Waals surface area (Å²) in [6, 6.07) is 6.07.